The summed E-state index contributed by atoms with van der Waals surface area (Å²) in [5.74, 6) is -1.54. The van der Waals surface area contributed by atoms with Gasteiger partial charge in [0.1, 0.15) is 10.9 Å². The van der Waals surface area contributed by atoms with Gasteiger partial charge in [-0.3, -0.25) is 0 Å². The second-order valence-corrected chi connectivity index (χ2v) is 2.94. The van der Waals surface area contributed by atoms with Crippen LogP contribution in [0, 0.1) is 0 Å². The van der Waals surface area contributed by atoms with Gasteiger partial charge in [-0.15, -0.1) is 13.2 Å². The Morgan fingerprint density at radius 2 is 2.06 bits per heavy atom. The molecule has 0 saturated heterocycles. The summed E-state index contributed by atoms with van der Waals surface area (Å²) in [5.41, 5.74) is -0.366. The molecule has 0 bridgehead atoms. The van der Waals surface area contributed by atoms with Crippen LogP contribution >= 0.6 is 11.6 Å². The van der Waals surface area contributed by atoms with Gasteiger partial charge in [-0.1, -0.05) is 11.6 Å². The molecule has 88 valence electrons. The number of carbonyl (C=O) groups excluding carboxylic acids is 1. The molecule has 0 aromatic carbocycles. The number of methoxy groups -OCH3 is 1. The Hall–Kier alpha value is -1.50. The van der Waals surface area contributed by atoms with Crippen molar-refractivity contribution >= 4 is 17.6 Å². The summed E-state index contributed by atoms with van der Waals surface area (Å²) < 4.78 is 43.5. The Bertz CT molecular complexity index is 408. The Kier molecular flexibility index (Phi) is 3.58. The molecule has 1 heterocycles. The number of nitrogens with zero attached hydrogens (tertiary/aromatic N) is 1. The molecule has 0 spiro atoms. The number of aromatic nitrogens is 1. The van der Waals surface area contributed by atoms with Crippen molar-refractivity contribution in [3.8, 4) is 5.75 Å². The number of hydrogen-bond acceptors (Lipinski definition) is 4. The zero-order valence-electron chi connectivity index (χ0n) is 7.84. The topological polar surface area (TPSA) is 48.4 Å². The second kappa shape index (κ2) is 4.56. The van der Waals surface area contributed by atoms with Crippen molar-refractivity contribution in [3.63, 3.8) is 0 Å². The number of rotatable bonds is 2. The number of alkyl halides is 3. The van der Waals surface area contributed by atoms with Crippen LogP contribution in [0.15, 0.2) is 12.1 Å². The average molecular weight is 256 g/mol. The van der Waals surface area contributed by atoms with Crippen LogP contribution in [-0.2, 0) is 4.74 Å². The van der Waals surface area contributed by atoms with E-state index in [1.54, 1.807) is 0 Å². The first-order chi connectivity index (χ1) is 7.31. The molecule has 0 saturated carbocycles. The standard InChI is InChI=1S/C8H5ClF3NO3/c1-15-7(14)5-2-4(3-6(9)13-5)16-8(10,11)12/h2-3H,1H3. The lowest BCUT2D eigenvalue weighted by atomic mass is 10.3. The first-order valence-electron chi connectivity index (χ1n) is 3.83. The molecule has 0 atom stereocenters. The third-order valence-electron chi connectivity index (χ3n) is 1.40. The summed E-state index contributed by atoms with van der Waals surface area (Å²) >= 11 is 5.41. The van der Waals surface area contributed by atoms with E-state index in [-0.39, 0.29) is 10.8 Å². The van der Waals surface area contributed by atoms with Crippen LogP contribution in [0.5, 0.6) is 5.75 Å². The van der Waals surface area contributed by atoms with Crippen LogP contribution in [0.2, 0.25) is 5.15 Å². The van der Waals surface area contributed by atoms with Crippen molar-refractivity contribution in [2.45, 2.75) is 6.36 Å². The maximum Gasteiger partial charge on any atom is 0.573 e. The first kappa shape index (κ1) is 12.6. The lowest BCUT2D eigenvalue weighted by molar-refractivity contribution is -0.274. The highest BCUT2D eigenvalue weighted by atomic mass is 35.5. The van der Waals surface area contributed by atoms with E-state index in [4.69, 9.17) is 11.6 Å². The molecule has 4 nitrogen and oxygen atoms in total. The molecular weight excluding hydrogens is 251 g/mol. The lowest BCUT2D eigenvalue weighted by Crippen LogP contribution is -2.17. The predicted octanol–water partition coefficient (Wildman–Crippen LogP) is 2.42. The van der Waals surface area contributed by atoms with Crippen molar-refractivity contribution < 1.29 is 27.4 Å². The van der Waals surface area contributed by atoms with Gasteiger partial charge in [0.25, 0.3) is 0 Å². The van der Waals surface area contributed by atoms with Gasteiger partial charge in [0, 0.05) is 12.1 Å². The average Bonchev–Trinajstić information content (AvgIpc) is 2.12. The van der Waals surface area contributed by atoms with Gasteiger partial charge in [-0.05, 0) is 0 Å². The van der Waals surface area contributed by atoms with Crippen LogP contribution < -0.4 is 4.74 Å². The number of hydrogen-bond donors (Lipinski definition) is 0. The molecular formula is C8H5ClF3NO3. The summed E-state index contributed by atoms with van der Waals surface area (Å²) in [7, 11) is 1.06. The number of halogens is 4. The minimum Gasteiger partial charge on any atom is -0.464 e. The third-order valence-corrected chi connectivity index (χ3v) is 1.59. The van der Waals surface area contributed by atoms with Crippen molar-refractivity contribution in [3.05, 3.63) is 23.0 Å². The van der Waals surface area contributed by atoms with Crippen molar-refractivity contribution in [2.24, 2.45) is 0 Å². The summed E-state index contributed by atoms with van der Waals surface area (Å²) in [6.45, 7) is 0. The van der Waals surface area contributed by atoms with Gasteiger partial charge in [0.2, 0.25) is 0 Å². The monoisotopic (exact) mass is 255 g/mol. The molecule has 0 radical (unpaired) electrons. The van der Waals surface area contributed by atoms with Crippen LogP contribution in [0.4, 0.5) is 13.2 Å². The van der Waals surface area contributed by atoms with Gasteiger partial charge < -0.3 is 9.47 Å². The second-order valence-electron chi connectivity index (χ2n) is 2.55. The number of ether oxygens (including phenoxy) is 2. The first-order valence-corrected chi connectivity index (χ1v) is 4.21. The Labute approximate surface area is 92.9 Å². The molecule has 0 aliphatic carbocycles. The van der Waals surface area contributed by atoms with Crippen LogP contribution in [-0.4, -0.2) is 24.4 Å². The highest BCUT2D eigenvalue weighted by Crippen LogP contribution is 2.25. The van der Waals surface area contributed by atoms with E-state index >= 15 is 0 Å². The fourth-order valence-electron chi connectivity index (χ4n) is 0.875. The lowest BCUT2D eigenvalue weighted by Gasteiger charge is -2.09. The van der Waals surface area contributed by atoms with Crippen LogP contribution in [0.25, 0.3) is 0 Å². The van der Waals surface area contributed by atoms with Crippen molar-refractivity contribution in [2.75, 3.05) is 7.11 Å². The minimum absolute atomic E-state index is 0.304. The highest BCUT2D eigenvalue weighted by Gasteiger charge is 2.31. The Balaban J connectivity index is 3.03. The van der Waals surface area contributed by atoms with Crippen molar-refractivity contribution in [1.82, 2.24) is 4.98 Å². The summed E-state index contributed by atoms with van der Waals surface area (Å²) in [4.78, 5) is 14.5. The Morgan fingerprint density at radius 1 is 1.44 bits per heavy atom. The molecule has 8 heteroatoms. The molecule has 1 aromatic rings. The summed E-state index contributed by atoms with van der Waals surface area (Å²) in [6.07, 6.45) is -4.86. The van der Waals surface area contributed by atoms with E-state index in [9.17, 15) is 18.0 Å². The fourth-order valence-corrected chi connectivity index (χ4v) is 1.07. The van der Waals surface area contributed by atoms with Gasteiger partial charge in [-0.25, -0.2) is 9.78 Å². The van der Waals surface area contributed by atoms with Crippen LogP contribution in [0.1, 0.15) is 10.5 Å². The molecule has 0 aliphatic heterocycles. The van der Waals surface area contributed by atoms with E-state index in [1.165, 1.54) is 0 Å². The number of esters is 1. The van der Waals surface area contributed by atoms with Gasteiger partial charge in [-0.2, -0.15) is 0 Å². The van der Waals surface area contributed by atoms with E-state index in [1.807, 2.05) is 0 Å². The largest absolute Gasteiger partial charge is 0.573 e. The van der Waals surface area contributed by atoms with E-state index in [0.717, 1.165) is 19.2 Å². The zero-order chi connectivity index (χ0) is 12.3. The normalized spacial score (nSPS) is 11.1. The smallest absolute Gasteiger partial charge is 0.464 e. The minimum atomic E-state index is -4.86. The molecule has 16 heavy (non-hydrogen) atoms. The molecule has 0 fully saturated rings. The Morgan fingerprint density at radius 3 is 2.56 bits per heavy atom. The van der Waals surface area contributed by atoms with E-state index < -0.39 is 18.1 Å². The number of pyridine rings is 1. The van der Waals surface area contributed by atoms with Gasteiger partial charge in [0.15, 0.2) is 5.69 Å². The molecule has 0 unspecified atom stereocenters. The molecule has 1 aromatic heterocycles. The quantitative estimate of drug-likeness (QED) is 0.601. The zero-order valence-corrected chi connectivity index (χ0v) is 8.59. The molecule has 0 amide bonds. The van der Waals surface area contributed by atoms with Gasteiger partial charge in [0.05, 0.1) is 7.11 Å². The third kappa shape index (κ3) is 3.58. The van der Waals surface area contributed by atoms with Gasteiger partial charge >= 0.3 is 12.3 Å². The highest BCUT2D eigenvalue weighted by molar-refractivity contribution is 6.29. The predicted molar refractivity (Wildman–Crippen MR) is 47.3 cm³/mol. The molecule has 1 rings (SSSR count). The summed E-state index contributed by atoms with van der Waals surface area (Å²) in [5, 5.41) is -0.304. The molecule has 0 N–H and O–H groups in total. The summed E-state index contributed by atoms with van der Waals surface area (Å²) in [6, 6.07) is 1.62. The van der Waals surface area contributed by atoms with E-state index in [0.29, 0.717) is 0 Å². The number of carbonyl (C=O) groups is 1. The van der Waals surface area contributed by atoms with Crippen LogP contribution in [0.3, 0.4) is 0 Å². The fraction of sp³-hybridized carbons (Fsp3) is 0.250. The SMILES string of the molecule is COC(=O)c1cc(OC(F)(F)F)cc(Cl)n1. The molecule has 0 aliphatic rings. The maximum atomic E-state index is 11.9. The maximum absolute atomic E-state index is 11.9. The van der Waals surface area contributed by atoms with E-state index in [2.05, 4.69) is 14.5 Å². The van der Waals surface area contributed by atoms with Crippen molar-refractivity contribution in [1.29, 1.82) is 0 Å².